The lowest BCUT2D eigenvalue weighted by atomic mass is 10.0. The molecular formula is C34H30NS+. The number of benzene rings is 5. The van der Waals surface area contributed by atoms with Gasteiger partial charge in [0.1, 0.15) is 12.5 Å². The Balaban J connectivity index is 1.34. The maximum absolute atomic E-state index is 2.31. The summed E-state index contributed by atoms with van der Waals surface area (Å²) in [6.45, 7) is 0. The van der Waals surface area contributed by atoms with Crippen molar-refractivity contribution in [3.8, 4) is 11.1 Å². The average Bonchev–Trinajstić information content (AvgIpc) is 2.94. The van der Waals surface area contributed by atoms with Gasteiger partial charge in [0, 0.05) is 34.0 Å². The predicted octanol–water partition coefficient (Wildman–Crippen LogP) is 9.23. The summed E-state index contributed by atoms with van der Waals surface area (Å²) >= 11 is 0. The smallest absolute Gasteiger partial charge is 0.154 e. The van der Waals surface area contributed by atoms with Gasteiger partial charge in [0.25, 0.3) is 0 Å². The summed E-state index contributed by atoms with van der Waals surface area (Å²) in [5.41, 5.74) is 8.33. The van der Waals surface area contributed by atoms with Gasteiger partial charge in [-0.25, -0.2) is 0 Å². The molecular weight excluding hydrogens is 454 g/mol. The number of rotatable bonds is 7. The molecule has 176 valence electrons. The predicted molar refractivity (Wildman–Crippen MR) is 159 cm³/mol. The summed E-state index contributed by atoms with van der Waals surface area (Å²) in [5, 5.41) is 0. The molecule has 36 heavy (non-hydrogen) atoms. The molecule has 0 aliphatic carbocycles. The van der Waals surface area contributed by atoms with Crippen LogP contribution in [-0.4, -0.2) is 12.5 Å². The second-order valence-corrected chi connectivity index (χ2v) is 11.0. The van der Waals surface area contributed by atoms with E-state index in [0.717, 1.165) is 17.1 Å². The van der Waals surface area contributed by atoms with Crippen molar-refractivity contribution in [2.24, 2.45) is 0 Å². The molecule has 0 aromatic heterocycles. The Bertz CT molecular complexity index is 1380. The molecule has 0 radical (unpaired) electrons. The zero-order valence-electron chi connectivity index (χ0n) is 20.7. The fourth-order valence-electron chi connectivity index (χ4n) is 4.24. The minimum absolute atomic E-state index is 0.267. The van der Waals surface area contributed by atoms with E-state index in [1.54, 1.807) is 0 Å². The first-order valence-corrected chi connectivity index (χ1v) is 14.2. The van der Waals surface area contributed by atoms with Crippen LogP contribution in [0.2, 0.25) is 0 Å². The molecule has 1 nitrogen and oxygen atoms in total. The van der Waals surface area contributed by atoms with Crippen LogP contribution in [0.15, 0.2) is 138 Å². The van der Waals surface area contributed by atoms with Crippen LogP contribution in [0.25, 0.3) is 23.3 Å². The van der Waals surface area contributed by atoms with Crippen LogP contribution >= 0.6 is 0 Å². The Morgan fingerprint density at radius 1 is 0.472 bits per heavy atom. The van der Waals surface area contributed by atoms with Crippen molar-refractivity contribution in [3.05, 3.63) is 145 Å². The molecule has 5 aromatic carbocycles. The molecule has 0 unspecified atom stereocenters. The van der Waals surface area contributed by atoms with Gasteiger partial charge in [-0.2, -0.15) is 0 Å². The maximum atomic E-state index is 2.31. The van der Waals surface area contributed by atoms with Gasteiger partial charge in [0.2, 0.25) is 0 Å². The highest BCUT2D eigenvalue weighted by Crippen LogP contribution is 2.34. The van der Waals surface area contributed by atoms with E-state index >= 15 is 0 Å². The van der Waals surface area contributed by atoms with Gasteiger partial charge in [-0.1, -0.05) is 97.1 Å². The molecule has 0 fully saturated rings. The van der Waals surface area contributed by atoms with Crippen LogP contribution in [0.3, 0.4) is 0 Å². The summed E-state index contributed by atoms with van der Waals surface area (Å²) in [4.78, 5) is 3.68. The highest BCUT2D eigenvalue weighted by Gasteiger charge is 2.11. The van der Waals surface area contributed by atoms with Crippen LogP contribution < -0.4 is 4.90 Å². The van der Waals surface area contributed by atoms with E-state index in [4.69, 9.17) is 0 Å². The van der Waals surface area contributed by atoms with Gasteiger partial charge in [0.05, 0.1) is 0 Å². The second kappa shape index (κ2) is 11.2. The zero-order chi connectivity index (χ0) is 24.7. The minimum Gasteiger partial charge on any atom is -0.311 e. The molecule has 5 rings (SSSR count). The van der Waals surface area contributed by atoms with Gasteiger partial charge < -0.3 is 4.90 Å². The number of hydrogen-bond donors (Lipinski definition) is 0. The lowest BCUT2D eigenvalue weighted by molar-refractivity contribution is 1.28. The Hall–Kier alpha value is -4.01. The third kappa shape index (κ3) is 5.62. The van der Waals surface area contributed by atoms with E-state index in [2.05, 4.69) is 163 Å². The van der Waals surface area contributed by atoms with Gasteiger partial charge in [-0.3, -0.25) is 0 Å². The van der Waals surface area contributed by atoms with E-state index < -0.39 is 0 Å². The third-order valence-corrected chi connectivity index (χ3v) is 7.39. The number of hydrogen-bond acceptors (Lipinski definition) is 1. The van der Waals surface area contributed by atoms with Crippen molar-refractivity contribution in [1.29, 1.82) is 0 Å². The lowest BCUT2D eigenvalue weighted by Gasteiger charge is -2.25. The van der Waals surface area contributed by atoms with Crippen molar-refractivity contribution in [1.82, 2.24) is 0 Å². The molecule has 0 saturated heterocycles. The first-order valence-electron chi connectivity index (χ1n) is 12.1. The largest absolute Gasteiger partial charge is 0.311 e. The average molecular weight is 485 g/mol. The molecule has 2 heteroatoms. The fraction of sp³-hybridized carbons (Fsp3) is 0.0588. The second-order valence-electron chi connectivity index (χ2n) is 8.90. The van der Waals surface area contributed by atoms with Gasteiger partial charge in [-0.15, -0.1) is 0 Å². The van der Waals surface area contributed by atoms with E-state index in [-0.39, 0.29) is 10.9 Å². The van der Waals surface area contributed by atoms with Gasteiger partial charge >= 0.3 is 0 Å². The van der Waals surface area contributed by atoms with Crippen molar-refractivity contribution in [3.63, 3.8) is 0 Å². The van der Waals surface area contributed by atoms with Crippen LogP contribution in [0.5, 0.6) is 0 Å². The van der Waals surface area contributed by atoms with E-state index in [0.29, 0.717) is 0 Å². The Morgan fingerprint density at radius 3 is 1.50 bits per heavy atom. The lowest BCUT2D eigenvalue weighted by Crippen LogP contribution is -2.09. The summed E-state index contributed by atoms with van der Waals surface area (Å²) < 4.78 is 0. The fourth-order valence-corrected chi connectivity index (χ4v) is 4.96. The Labute approximate surface area is 217 Å². The molecule has 0 heterocycles. The monoisotopic (exact) mass is 484 g/mol. The first kappa shape index (κ1) is 23.7. The normalized spacial score (nSPS) is 11.2. The minimum atomic E-state index is 0.267. The zero-order valence-corrected chi connectivity index (χ0v) is 21.5. The van der Waals surface area contributed by atoms with E-state index in [1.807, 2.05) is 0 Å². The molecule has 0 aliphatic rings. The Morgan fingerprint density at radius 2 is 0.972 bits per heavy atom. The number of para-hydroxylation sites is 2. The summed E-state index contributed by atoms with van der Waals surface area (Å²) in [6.07, 6.45) is 8.88. The van der Waals surface area contributed by atoms with Crippen LogP contribution in [-0.2, 0) is 10.9 Å². The molecule has 0 spiro atoms. The standard InChI is InChI=1S/C34H30NS/c1-36(2)34-15-9-10-30(26-34)29-22-18-27(19-23-29)16-17-28-20-24-33(25-21-28)35(31-11-5-3-6-12-31)32-13-7-4-8-14-32/h3-26H,1-2H3/q+1/b17-16+. The molecule has 0 bridgehead atoms. The van der Waals surface area contributed by atoms with Gasteiger partial charge in [0.15, 0.2) is 4.90 Å². The Kier molecular flexibility index (Phi) is 7.35. The van der Waals surface area contributed by atoms with E-state index in [9.17, 15) is 0 Å². The van der Waals surface area contributed by atoms with Crippen LogP contribution in [0.4, 0.5) is 17.1 Å². The van der Waals surface area contributed by atoms with Crippen molar-refractivity contribution < 1.29 is 0 Å². The van der Waals surface area contributed by atoms with Crippen LogP contribution in [0, 0.1) is 0 Å². The van der Waals surface area contributed by atoms with Gasteiger partial charge in [-0.05, 0) is 64.7 Å². The number of anilines is 3. The molecule has 0 amide bonds. The SMILES string of the molecule is C[S+](C)c1cccc(-c2ccc(/C=C/c3ccc(N(c4ccccc4)c4ccccc4)cc3)cc2)c1. The van der Waals surface area contributed by atoms with Crippen molar-refractivity contribution in [2.45, 2.75) is 4.90 Å². The maximum Gasteiger partial charge on any atom is 0.154 e. The van der Waals surface area contributed by atoms with Crippen molar-refractivity contribution >= 4 is 40.1 Å². The summed E-state index contributed by atoms with van der Waals surface area (Å²) in [7, 11) is 0.267. The third-order valence-electron chi connectivity index (χ3n) is 6.20. The van der Waals surface area contributed by atoms with Crippen molar-refractivity contribution in [2.75, 3.05) is 17.4 Å². The highest BCUT2D eigenvalue weighted by molar-refractivity contribution is 7.95. The topological polar surface area (TPSA) is 3.24 Å². The molecule has 0 N–H and O–H groups in total. The molecule has 5 aromatic rings. The quantitative estimate of drug-likeness (QED) is 0.164. The van der Waals surface area contributed by atoms with Crippen LogP contribution in [0.1, 0.15) is 11.1 Å². The first-order chi connectivity index (χ1) is 17.7. The highest BCUT2D eigenvalue weighted by atomic mass is 32.2. The molecule has 0 atom stereocenters. The number of nitrogens with zero attached hydrogens (tertiary/aromatic N) is 1. The molecule has 0 saturated carbocycles. The summed E-state index contributed by atoms with van der Waals surface area (Å²) in [6, 6.07) is 47.4. The summed E-state index contributed by atoms with van der Waals surface area (Å²) in [5.74, 6) is 0. The van der Waals surface area contributed by atoms with E-state index in [1.165, 1.54) is 27.1 Å². The molecule has 0 aliphatic heterocycles.